The van der Waals surface area contributed by atoms with Gasteiger partial charge in [0.05, 0.1) is 19.6 Å². The summed E-state index contributed by atoms with van der Waals surface area (Å²) < 4.78 is 1.43. The Hall–Kier alpha value is -2.21. The number of nitrogens with one attached hydrogen (secondary N) is 2. The van der Waals surface area contributed by atoms with Crippen LogP contribution in [0.5, 0.6) is 0 Å². The molecule has 0 aliphatic carbocycles. The Bertz CT molecular complexity index is 781. The molecule has 0 saturated carbocycles. The van der Waals surface area contributed by atoms with Gasteiger partial charge in [-0.05, 0) is 51.8 Å². The molecule has 0 radical (unpaired) electrons. The number of hydrogen-bond acceptors (Lipinski definition) is 3. The van der Waals surface area contributed by atoms with Crippen molar-refractivity contribution in [3.63, 3.8) is 0 Å². The Labute approximate surface area is 148 Å². The first-order valence-corrected chi connectivity index (χ1v) is 9.07. The molecular weight excluding hydrogens is 316 g/mol. The minimum atomic E-state index is -0.316. The standard InChI is InChI=1S/C19H28N4O2/c1-5-23(6-2)12-8-9-14(3)21-18(24)16-13-15-10-7-11-20-17(15)22(4)19(16)25/h7,10-11,13-14H,5-6,8-9,12H2,1-4H3,(H,21,24)/p+1/t14-/m0/s1. The fourth-order valence-electron chi connectivity index (χ4n) is 3.09. The van der Waals surface area contributed by atoms with Gasteiger partial charge in [-0.3, -0.25) is 14.2 Å². The van der Waals surface area contributed by atoms with Crippen molar-refractivity contribution in [1.82, 2.24) is 14.9 Å². The van der Waals surface area contributed by atoms with Crippen LogP contribution in [0, 0.1) is 0 Å². The minimum Gasteiger partial charge on any atom is -0.349 e. The average Bonchev–Trinajstić information content (AvgIpc) is 2.61. The third-order valence-corrected chi connectivity index (χ3v) is 4.76. The van der Waals surface area contributed by atoms with Crippen molar-refractivity contribution in [2.45, 2.75) is 39.7 Å². The van der Waals surface area contributed by atoms with Crippen molar-refractivity contribution >= 4 is 16.9 Å². The predicted octanol–water partition coefficient (Wildman–Crippen LogP) is 0.757. The lowest BCUT2D eigenvalue weighted by Gasteiger charge is -2.18. The van der Waals surface area contributed by atoms with Gasteiger partial charge in [0.2, 0.25) is 0 Å². The van der Waals surface area contributed by atoms with E-state index in [2.05, 4.69) is 24.1 Å². The maximum atomic E-state index is 12.5. The highest BCUT2D eigenvalue weighted by atomic mass is 16.2. The topological polar surface area (TPSA) is 68.4 Å². The van der Waals surface area contributed by atoms with E-state index in [-0.39, 0.29) is 23.1 Å². The molecule has 6 nitrogen and oxygen atoms in total. The van der Waals surface area contributed by atoms with E-state index in [1.54, 1.807) is 30.3 Å². The molecule has 0 aliphatic heterocycles. The van der Waals surface area contributed by atoms with Crippen molar-refractivity contribution in [3.8, 4) is 0 Å². The molecular formula is C19H29N4O2+. The zero-order chi connectivity index (χ0) is 18.4. The van der Waals surface area contributed by atoms with Gasteiger partial charge in [-0.1, -0.05) is 0 Å². The van der Waals surface area contributed by atoms with E-state index in [0.717, 1.165) is 37.9 Å². The molecule has 2 N–H and O–H groups in total. The molecule has 0 saturated heterocycles. The lowest BCUT2D eigenvalue weighted by Crippen LogP contribution is -3.11. The number of amides is 1. The van der Waals surface area contributed by atoms with Crippen LogP contribution in [-0.4, -0.2) is 41.1 Å². The summed E-state index contributed by atoms with van der Waals surface area (Å²) in [5.41, 5.74) is 0.437. The largest absolute Gasteiger partial charge is 0.349 e. The molecule has 2 aromatic heterocycles. The molecule has 2 rings (SSSR count). The van der Waals surface area contributed by atoms with Crippen LogP contribution in [0.4, 0.5) is 0 Å². The second kappa shape index (κ2) is 8.76. The summed E-state index contributed by atoms with van der Waals surface area (Å²) in [4.78, 5) is 30.7. The molecule has 0 aromatic carbocycles. The number of nitrogens with zero attached hydrogens (tertiary/aromatic N) is 2. The van der Waals surface area contributed by atoms with E-state index in [9.17, 15) is 9.59 Å². The highest BCUT2D eigenvalue weighted by Crippen LogP contribution is 2.10. The SMILES string of the molecule is CC[NH+](CC)CCC[C@H](C)NC(=O)c1cc2cccnc2n(C)c1=O. The van der Waals surface area contributed by atoms with E-state index in [4.69, 9.17) is 0 Å². The quantitative estimate of drug-likeness (QED) is 0.742. The maximum absolute atomic E-state index is 12.5. The van der Waals surface area contributed by atoms with E-state index in [0.29, 0.717) is 5.65 Å². The Kier molecular flexibility index (Phi) is 6.70. The van der Waals surface area contributed by atoms with Gasteiger partial charge in [0.25, 0.3) is 11.5 Å². The molecule has 0 spiro atoms. The second-order valence-corrected chi connectivity index (χ2v) is 6.56. The summed E-state index contributed by atoms with van der Waals surface area (Å²) in [7, 11) is 1.64. The molecule has 0 aliphatic rings. The molecule has 25 heavy (non-hydrogen) atoms. The van der Waals surface area contributed by atoms with Crippen molar-refractivity contribution < 1.29 is 9.69 Å². The molecule has 136 valence electrons. The van der Waals surface area contributed by atoms with Gasteiger partial charge >= 0.3 is 0 Å². The monoisotopic (exact) mass is 345 g/mol. The van der Waals surface area contributed by atoms with Gasteiger partial charge in [-0.15, -0.1) is 0 Å². The predicted molar refractivity (Wildman–Crippen MR) is 100 cm³/mol. The molecule has 0 bridgehead atoms. The Morgan fingerprint density at radius 1 is 1.36 bits per heavy atom. The third kappa shape index (κ3) is 4.66. The molecule has 0 unspecified atom stereocenters. The molecule has 1 atom stereocenters. The minimum absolute atomic E-state index is 0.0387. The molecule has 2 aromatic rings. The summed E-state index contributed by atoms with van der Waals surface area (Å²) >= 11 is 0. The maximum Gasteiger partial charge on any atom is 0.264 e. The normalized spacial score (nSPS) is 12.5. The lowest BCUT2D eigenvalue weighted by molar-refractivity contribution is -0.896. The molecule has 0 fully saturated rings. The smallest absolute Gasteiger partial charge is 0.264 e. The van der Waals surface area contributed by atoms with Crippen LogP contribution < -0.4 is 15.8 Å². The summed E-state index contributed by atoms with van der Waals surface area (Å²) in [5, 5.41) is 3.74. The number of quaternary nitrogens is 1. The summed E-state index contributed by atoms with van der Waals surface area (Å²) in [5.74, 6) is -0.311. The summed E-state index contributed by atoms with van der Waals surface area (Å²) in [6.07, 6.45) is 3.60. The molecule has 6 heteroatoms. The van der Waals surface area contributed by atoms with E-state index in [1.165, 1.54) is 4.57 Å². The highest BCUT2D eigenvalue weighted by molar-refractivity contribution is 5.97. The van der Waals surface area contributed by atoms with Crippen LogP contribution in [0.2, 0.25) is 0 Å². The first-order valence-electron chi connectivity index (χ1n) is 9.07. The van der Waals surface area contributed by atoms with Crippen molar-refractivity contribution in [1.29, 1.82) is 0 Å². The van der Waals surface area contributed by atoms with Crippen molar-refractivity contribution in [2.24, 2.45) is 7.05 Å². The van der Waals surface area contributed by atoms with E-state index >= 15 is 0 Å². The number of pyridine rings is 2. The van der Waals surface area contributed by atoms with Gasteiger partial charge in [0.1, 0.15) is 11.2 Å². The van der Waals surface area contributed by atoms with Crippen molar-refractivity contribution in [3.05, 3.63) is 40.3 Å². The number of rotatable bonds is 8. The Balaban J connectivity index is 2.04. The van der Waals surface area contributed by atoms with Gasteiger partial charge in [0, 0.05) is 24.7 Å². The fraction of sp³-hybridized carbons (Fsp3) is 0.526. The number of aryl methyl sites for hydroxylation is 1. The first kappa shape index (κ1) is 19.1. The Morgan fingerprint density at radius 2 is 2.08 bits per heavy atom. The van der Waals surface area contributed by atoms with Gasteiger partial charge in [-0.2, -0.15) is 0 Å². The van der Waals surface area contributed by atoms with Crippen molar-refractivity contribution in [2.75, 3.05) is 19.6 Å². The zero-order valence-corrected chi connectivity index (χ0v) is 15.6. The zero-order valence-electron chi connectivity index (χ0n) is 15.6. The number of fused-ring (bicyclic) bond motifs is 1. The van der Waals surface area contributed by atoms with Crippen LogP contribution in [0.3, 0.4) is 0 Å². The summed E-state index contributed by atoms with van der Waals surface area (Å²) in [6.45, 7) is 9.72. The number of carbonyl (C=O) groups is 1. The van der Waals surface area contributed by atoms with Crippen LogP contribution in [0.25, 0.3) is 11.0 Å². The van der Waals surface area contributed by atoms with Crippen LogP contribution in [0.1, 0.15) is 44.0 Å². The molecule has 1 amide bonds. The first-order chi connectivity index (χ1) is 12.0. The number of carbonyl (C=O) groups excluding carboxylic acids is 1. The fourth-order valence-corrected chi connectivity index (χ4v) is 3.09. The van der Waals surface area contributed by atoms with Gasteiger partial charge in [-0.25, -0.2) is 4.98 Å². The van der Waals surface area contributed by atoms with Crippen LogP contribution in [0.15, 0.2) is 29.2 Å². The summed E-state index contributed by atoms with van der Waals surface area (Å²) in [6, 6.07) is 5.32. The molecule has 2 heterocycles. The van der Waals surface area contributed by atoms with Gasteiger partial charge in [0.15, 0.2) is 0 Å². The van der Waals surface area contributed by atoms with Crippen LogP contribution in [-0.2, 0) is 7.05 Å². The van der Waals surface area contributed by atoms with E-state index in [1.807, 2.05) is 13.0 Å². The van der Waals surface area contributed by atoms with Gasteiger partial charge < -0.3 is 10.2 Å². The lowest BCUT2D eigenvalue weighted by atomic mass is 10.1. The van der Waals surface area contributed by atoms with Crippen LogP contribution >= 0.6 is 0 Å². The average molecular weight is 345 g/mol. The Morgan fingerprint density at radius 3 is 2.76 bits per heavy atom. The number of aromatic nitrogens is 2. The second-order valence-electron chi connectivity index (χ2n) is 6.56. The highest BCUT2D eigenvalue weighted by Gasteiger charge is 2.16. The third-order valence-electron chi connectivity index (χ3n) is 4.76. The number of hydrogen-bond donors (Lipinski definition) is 2. The van der Waals surface area contributed by atoms with E-state index < -0.39 is 0 Å².